The summed E-state index contributed by atoms with van der Waals surface area (Å²) in [6.07, 6.45) is 1.92. The molecule has 0 aliphatic heterocycles. The zero-order valence-electron chi connectivity index (χ0n) is 7.18. The molecule has 0 rings (SSSR count). The number of esters is 2. The minimum absolute atomic E-state index is 0.382. The predicted octanol–water partition coefficient (Wildman–Crippen LogP) is -0.281. The van der Waals surface area contributed by atoms with Gasteiger partial charge in [0.1, 0.15) is 0 Å². The van der Waals surface area contributed by atoms with E-state index in [2.05, 4.69) is 14.6 Å². The van der Waals surface area contributed by atoms with Gasteiger partial charge in [-0.05, 0) is 6.08 Å². The van der Waals surface area contributed by atoms with Crippen LogP contribution >= 0.6 is 0 Å². The van der Waals surface area contributed by atoms with Gasteiger partial charge in [-0.15, -0.1) is 0 Å². The van der Waals surface area contributed by atoms with E-state index in [1.807, 2.05) is 0 Å². The summed E-state index contributed by atoms with van der Waals surface area (Å²) in [6.45, 7) is 0. The fourth-order valence-electron chi connectivity index (χ4n) is 0.462. The Morgan fingerprint density at radius 2 is 1.85 bits per heavy atom. The van der Waals surface area contributed by atoms with Crippen LogP contribution in [-0.2, 0) is 19.1 Å². The lowest BCUT2D eigenvalue weighted by Gasteiger charge is -1.94. The second kappa shape index (κ2) is 5.76. The van der Waals surface area contributed by atoms with Crippen LogP contribution < -0.4 is 0 Å². The van der Waals surface area contributed by atoms with E-state index < -0.39 is 11.9 Å². The van der Waals surface area contributed by atoms with Crippen LogP contribution in [0.15, 0.2) is 17.3 Å². The SMILES string of the molecule is COC(=O)/C=C/C(=N/O)C(=O)OC. The van der Waals surface area contributed by atoms with E-state index in [0.29, 0.717) is 0 Å². The minimum atomic E-state index is -0.845. The van der Waals surface area contributed by atoms with Crippen molar-refractivity contribution >= 4 is 17.7 Å². The maximum atomic E-state index is 10.7. The van der Waals surface area contributed by atoms with E-state index in [9.17, 15) is 9.59 Å². The number of hydrogen-bond donors (Lipinski definition) is 1. The predicted molar refractivity (Wildman–Crippen MR) is 42.4 cm³/mol. The van der Waals surface area contributed by atoms with E-state index in [4.69, 9.17) is 5.21 Å². The highest BCUT2D eigenvalue weighted by Crippen LogP contribution is 1.87. The minimum Gasteiger partial charge on any atom is -0.466 e. The molecule has 0 atom stereocenters. The molecule has 6 heteroatoms. The molecule has 0 radical (unpaired) electrons. The van der Waals surface area contributed by atoms with Crippen LogP contribution in [-0.4, -0.2) is 37.1 Å². The summed E-state index contributed by atoms with van der Waals surface area (Å²) >= 11 is 0. The summed E-state index contributed by atoms with van der Waals surface area (Å²) in [5, 5.41) is 10.9. The average molecular weight is 187 g/mol. The molecule has 0 saturated carbocycles. The second-order valence-electron chi connectivity index (χ2n) is 1.83. The van der Waals surface area contributed by atoms with Crippen molar-refractivity contribution in [1.29, 1.82) is 0 Å². The van der Waals surface area contributed by atoms with Crippen LogP contribution in [0, 0.1) is 0 Å². The molecule has 0 aromatic rings. The van der Waals surface area contributed by atoms with Crippen molar-refractivity contribution in [3.8, 4) is 0 Å². The van der Waals surface area contributed by atoms with Crippen LogP contribution in [0.3, 0.4) is 0 Å². The van der Waals surface area contributed by atoms with Gasteiger partial charge in [0.2, 0.25) is 0 Å². The molecule has 0 saturated heterocycles. The standard InChI is InChI=1S/C7H9NO5/c1-12-6(9)4-3-5(8-11)7(10)13-2/h3-4,11H,1-2H3/b4-3+,8-5-. The van der Waals surface area contributed by atoms with Crippen molar-refractivity contribution in [1.82, 2.24) is 0 Å². The molecule has 0 aromatic heterocycles. The number of nitrogens with zero attached hydrogens (tertiary/aromatic N) is 1. The van der Waals surface area contributed by atoms with Gasteiger partial charge in [0.15, 0.2) is 5.71 Å². The van der Waals surface area contributed by atoms with Crippen LogP contribution in [0.2, 0.25) is 0 Å². The first-order valence-corrected chi connectivity index (χ1v) is 3.22. The fraction of sp³-hybridized carbons (Fsp3) is 0.286. The number of hydrogen-bond acceptors (Lipinski definition) is 6. The highest BCUT2D eigenvalue weighted by molar-refractivity contribution is 6.41. The number of ether oxygens (including phenoxy) is 2. The zero-order chi connectivity index (χ0) is 10.3. The van der Waals surface area contributed by atoms with Gasteiger partial charge in [-0.25, -0.2) is 9.59 Å². The molecular formula is C7H9NO5. The lowest BCUT2D eigenvalue weighted by atomic mass is 10.3. The van der Waals surface area contributed by atoms with Crippen molar-refractivity contribution in [2.24, 2.45) is 5.16 Å². The summed E-state index contributed by atoms with van der Waals surface area (Å²) in [5.74, 6) is -1.51. The van der Waals surface area contributed by atoms with E-state index in [1.54, 1.807) is 0 Å². The van der Waals surface area contributed by atoms with Crippen molar-refractivity contribution < 1.29 is 24.3 Å². The van der Waals surface area contributed by atoms with Crippen molar-refractivity contribution in [2.75, 3.05) is 14.2 Å². The molecule has 0 aliphatic rings. The smallest absolute Gasteiger partial charge is 0.360 e. The second-order valence-corrected chi connectivity index (χ2v) is 1.83. The molecule has 0 bridgehead atoms. The number of rotatable bonds is 3. The van der Waals surface area contributed by atoms with E-state index in [0.717, 1.165) is 19.3 Å². The van der Waals surface area contributed by atoms with Gasteiger partial charge in [-0.2, -0.15) is 0 Å². The first-order valence-electron chi connectivity index (χ1n) is 3.22. The van der Waals surface area contributed by atoms with E-state index in [1.165, 1.54) is 7.11 Å². The monoisotopic (exact) mass is 187 g/mol. The van der Waals surface area contributed by atoms with Crippen LogP contribution in [0.5, 0.6) is 0 Å². The van der Waals surface area contributed by atoms with E-state index >= 15 is 0 Å². The lowest BCUT2D eigenvalue weighted by molar-refractivity contribution is -0.134. The number of carbonyl (C=O) groups excluding carboxylic acids is 2. The summed E-state index contributed by atoms with van der Waals surface area (Å²) in [6, 6.07) is 0. The number of oxime groups is 1. The Morgan fingerprint density at radius 1 is 1.23 bits per heavy atom. The maximum Gasteiger partial charge on any atom is 0.360 e. The van der Waals surface area contributed by atoms with Gasteiger partial charge in [-0.3, -0.25) is 0 Å². The van der Waals surface area contributed by atoms with Gasteiger partial charge in [-0.1, -0.05) is 5.16 Å². The molecule has 0 aliphatic carbocycles. The van der Waals surface area contributed by atoms with Crippen molar-refractivity contribution in [2.45, 2.75) is 0 Å². The topological polar surface area (TPSA) is 85.2 Å². The van der Waals surface area contributed by atoms with Crippen LogP contribution in [0.1, 0.15) is 0 Å². The third kappa shape index (κ3) is 3.90. The molecular weight excluding hydrogens is 178 g/mol. The lowest BCUT2D eigenvalue weighted by Crippen LogP contribution is -2.13. The van der Waals surface area contributed by atoms with Crippen LogP contribution in [0.4, 0.5) is 0 Å². The summed E-state index contributed by atoms with van der Waals surface area (Å²) in [5.41, 5.74) is -0.382. The van der Waals surface area contributed by atoms with Gasteiger partial charge in [0, 0.05) is 6.08 Å². The van der Waals surface area contributed by atoms with Gasteiger partial charge >= 0.3 is 11.9 Å². The van der Waals surface area contributed by atoms with Crippen molar-refractivity contribution in [3.05, 3.63) is 12.2 Å². The quantitative estimate of drug-likeness (QED) is 0.216. The Bertz CT molecular complexity index is 256. The van der Waals surface area contributed by atoms with Gasteiger partial charge in [0.25, 0.3) is 0 Å². The molecule has 13 heavy (non-hydrogen) atoms. The Labute approximate surface area is 74.4 Å². The third-order valence-electron chi connectivity index (χ3n) is 1.08. The fourth-order valence-corrected chi connectivity index (χ4v) is 0.462. The molecule has 0 amide bonds. The van der Waals surface area contributed by atoms with Crippen LogP contribution in [0.25, 0.3) is 0 Å². The molecule has 0 unspecified atom stereocenters. The largest absolute Gasteiger partial charge is 0.466 e. The van der Waals surface area contributed by atoms with Gasteiger partial charge < -0.3 is 14.7 Å². The zero-order valence-corrected chi connectivity index (χ0v) is 7.18. The summed E-state index contributed by atoms with van der Waals surface area (Å²) in [4.78, 5) is 21.3. The third-order valence-corrected chi connectivity index (χ3v) is 1.08. The highest BCUT2D eigenvalue weighted by Gasteiger charge is 2.08. The average Bonchev–Trinajstić information content (AvgIpc) is 2.17. The number of methoxy groups -OCH3 is 2. The first kappa shape index (κ1) is 11.2. The molecule has 6 nitrogen and oxygen atoms in total. The number of carbonyl (C=O) groups is 2. The Morgan fingerprint density at radius 3 is 2.23 bits per heavy atom. The normalized spacial score (nSPS) is 11.4. The van der Waals surface area contributed by atoms with Gasteiger partial charge in [0.05, 0.1) is 14.2 Å². The molecule has 72 valence electrons. The Balaban J connectivity index is 4.39. The summed E-state index contributed by atoms with van der Waals surface area (Å²) < 4.78 is 8.48. The molecule has 0 fully saturated rings. The highest BCUT2D eigenvalue weighted by atomic mass is 16.5. The molecule has 1 N–H and O–H groups in total. The van der Waals surface area contributed by atoms with Crippen molar-refractivity contribution in [3.63, 3.8) is 0 Å². The Kier molecular flexibility index (Phi) is 4.94. The first-order chi connectivity index (χ1) is 6.15. The van der Waals surface area contributed by atoms with E-state index in [-0.39, 0.29) is 5.71 Å². The molecule has 0 heterocycles. The maximum absolute atomic E-state index is 10.7. The Hall–Kier alpha value is -1.85. The molecule has 0 spiro atoms. The summed E-state index contributed by atoms with van der Waals surface area (Å²) in [7, 11) is 2.31. The molecule has 0 aromatic carbocycles.